The van der Waals surface area contributed by atoms with Crippen molar-refractivity contribution in [3.05, 3.63) is 42.5 Å². The number of hydrogen-bond acceptors (Lipinski definition) is 6. The minimum atomic E-state index is -0.668. The molecule has 2 aromatic carbocycles. The zero-order valence-corrected chi connectivity index (χ0v) is 16.0. The third kappa shape index (κ3) is 4.54. The number of hydrogen-bond donors (Lipinski definition) is 1. The summed E-state index contributed by atoms with van der Waals surface area (Å²) in [4.78, 5) is 23.9. The molecule has 142 valence electrons. The number of nitrogens with one attached hydrogen (secondary N) is 1. The fraction of sp³-hybridized carbons (Fsp3) is 0.300. The Labute approximate surface area is 161 Å². The summed E-state index contributed by atoms with van der Waals surface area (Å²) in [7, 11) is 1.31. The van der Waals surface area contributed by atoms with Crippen LogP contribution in [0.25, 0.3) is 21.9 Å². The number of carbonyl (C=O) groups is 2. The van der Waals surface area contributed by atoms with E-state index in [1.165, 1.54) is 7.11 Å². The van der Waals surface area contributed by atoms with E-state index in [1.807, 2.05) is 42.7 Å². The van der Waals surface area contributed by atoms with Crippen molar-refractivity contribution in [1.29, 1.82) is 0 Å². The second kappa shape index (κ2) is 8.81. The van der Waals surface area contributed by atoms with Gasteiger partial charge < -0.3 is 19.2 Å². The molecule has 0 spiro atoms. The topological polar surface area (TPSA) is 77.8 Å². The van der Waals surface area contributed by atoms with Crippen LogP contribution < -0.4 is 10.1 Å². The van der Waals surface area contributed by atoms with Crippen LogP contribution in [0, 0.1) is 0 Å². The van der Waals surface area contributed by atoms with Crippen molar-refractivity contribution in [2.75, 3.05) is 25.7 Å². The average Bonchev–Trinajstić information content (AvgIpc) is 3.07. The smallest absolute Gasteiger partial charge is 0.328 e. The van der Waals surface area contributed by atoms with Gasteiger partial charge in [-0.3, -0.25) is 4.79 Å². The lowest BCUT2D eigenvalue weighted by Gasteiger charge is -2.16. The van der Waals surface area contributed by atoms with Crippen molar-refractivity contribution < 1.29 is 23.5 Å². The van der Waals surface area contributed by atoms with Crippen LogP contribution in [0.15, 0.2) is 46.9 Å². The van der Waals surface area contributed by atoms with Gasteiger partial charge in [-0.05, 0) is 42.7 Å². The largest absolute Gasteiger partial charge is 0.484 e. The van der Waals surface area contributed by atoms with Gasteiger partial charge >= 0.3 is 5.97 Å². The maximum absolute atomic E-state index is 12.2. The monoisotopic (exact) mass is 387 g/mol. The molecule has 0 saturated heterocycles. The van der Waals surface area contributed by atoms with Gasteiger partial charge in [-0.2, -0.15) is 11.8 Å². The average molecular weight is 387 g/mol. The number of furan rings is 1. The van der Waals surface area contributed by atoms with Crippen molar-refractivity contribution in [2.24, 2.45) is 0 Å². The van der Waals surface area contributed by atoms with Crippen molar-refractivity contribution in [3.63, 3.8) is 0 Å². The minimum Gasteiger partial charge on any atom is -0.484 e. The van der Waals surface area contributed by atoms with Gasteiger partial charge in [-0.15, -0.1) is 0 Å². The number of carbonyl (C=O) groups excluding carboxylic acids is 2. The molecule has 0 unspecified atom stereocenters. The first-order valence-corrected chi connectivity index (χ1v) is 9.92. The second-order valence-corrected chi connectivity index (χ2v) is 6.96. The van der Waals surface area contributed by atoms with E-state index < -0.39 is 12.0 Å². The van der Waals surface area contributed by atoms with E-state index in [0.29, 0.717) is 12.2 Å². The van der Waals surface area contributed by atoms with Crippen LogP contribution in [0.3, 0.4) is 0 Å². The van der Waals surface area contributed by atoms with Gasteiger partial charge in [-0.25, -0.2) is 4.79 Å². The number of para-hydroxylation sites is 1. The predicted molar refractivity (Wildman–Crippen MR) is 106 cm³/mol. The van der Waals surface area contributed by atoms with Crippen LogP contribution in [0.1, 0.15) is 6.42 Å². The maximum Gasteiger partial charge on any atom is 0.328 e. The number of thioether (sulfide) groups is 1. The summed E-state index contributed by atoms with van der Waals surface area (Å²) >= 11 is 1.60. The number of methoxy groups -OCH3 is 1. The lowest BCUT2D eigenvalue weighted by Crippen LogP contribution is -2.43. The normalized spacial score (nSPS) is 12.1. The summed E-state index contributed by atoms with van der Waals surface area (Å²) in [6.07, 6.45) is 2.45. The van der Waals surface area contributed by atoms with Crippen molar-refractivity contribution in [1.82, 2.24) is 5.32 Å². The number of fused-ring (bicyclic) bond motifs is 3. The zero-order valence-electron chi connectivity index (χ0n) is 15.2. The Bertz CT molecular complexity index is 952. The molecule has 0 saturated carbocycles. The van der Waals surface area contributed by atoms with Gasteiger partial charge in [0.25, 0.3) is 5.91 Å². The Morgan fingerprint density at radius 1 is 1.15 bits per heavy atom. The molecule has 0 aliphatic heterocycles. The number of esters is 1. The highest BCUT2D eigenvalue weighted by molar-refractivity contribution is 7.98. The van der Waals surface area contributed by atoms with E-state index in [-0.39, 0.29) is 12.5 Å². The Hall–Kier alpha value is -2.67. The van der Waals surface area contributed by atoms with Crippen LogP contribution in [-0.2, 0) is 14.3 Å². The molecule has 1 aromatic heterocycles. The Morgan fingerprint density at radius 2 is 1.93 bits per heavy atom. The molecule has 3 aromatic rings. The molecular weight excluding hydrogens is 366 g/mol. The van der Waals surface area contributed by atoms with Crippen LogP contribution in [0.4, 0.5) is 0 Å². The van der Waals surface area contributed by atoms with Crippen LogP contribution in [-0.4, -0.2) is 43.6 Å². The number of benzene rings is 2. The predicted octanol–water partition coefficient (Wildman–Crippen LogP) is 3.38. The Morgan fingerprint density at radius 3 is 2.70 bits per heavy atom. The lowest BCUT2D eigenvalue weighted by molar-refractivity contribution is -0.145. The first-order chi connectivity index (χ1) is 13.1. The van der Waals surface area contributed by atoms with Crippen LogP contribution >= 0.6 is 11.8 Å². The fourth-order valence-corrected chi connectivity index (χ4v) is 3.28. The summed E-state index contributed by atoms with van der Waals surface area (Å²) in [6, 6.07) is 12.5. The molecule has 1 amide bonds. The summed E-state index contributed by atoms with van der Waals surface area (Å²) in [5, 5.41) is 4.58. The highest BCUT2D eigenvalue weighted by atomic mass is 32.2. The second-order valence-electron chi connectivity index (χ2n) is 5.97. The molecule has 1 N–H and O–H groups in total. The molecule has 0 fully saturated rings. The maximum atomic E-state index is 12.2. The number of amides is 1. The number of rotatable bonds is 8. The molecule has 0 radical (unpaired) electrons. The Kier molecular flexibility index (Phi) is 6.24. The Balaban J connectivity index is 1.65. The van der Waals surface area contributed by atoms with Crippen LogP contribution in [0.5, 0.6) is 5.75 Å². The zero-order chi connectivity index (χ0) is 19.2. The molecule has 0 bridgehead atoms. The lowest BCUT2D eigenvalue weighted by atomic mass is 10.1. The first kappa shape index (κ1) is 19.1. The van der Waals surface area contributed by atoms with Crippen molar-refractivity contribution in [3.8, 4) is 5.75 Å². The van der Waals surface area contributed by atoms with Crippen molar-refractivity contribution in [2.45, 2.75) is 12.5 Å². The van der Waals surface area contributed by atoms with Gasteiger partial charge in [-0.1, -0.05) is 18.2 Å². The van der Waals surface area contributed by atoms with Gasteiger partial charge in [0, 0.05) is 10.8 Å². The van der Waals surface area contributed by atoms with Crippen LogP contribution in [0.2, 0.25) is 0 Å². The molecule has 3 rings (SSSR count). The molecule has 1 heterocycles. The van der Waals surface area contributed by atoms with E-state index in [2.05, 4.69) is 5.32 Å². The summed E-state index contributed by atoms with van der Waals surface area (Å²) in [5.74, 6) is 0.473. The molecule has 1 atom stereocenters. The summed E-state index contributed by atoms with van der Waals surface area (Å²) in [5.41, 5.74) is 1.56. The summed E-state index contributed by atoms with van der Waals surface area (Å²) < 4.78 is 16.1. The van der Waals surface area contributed by atoms with E-state index in [0.717, 1.165) is 27.7 Å². The quantitative estimate of drug-likeness (QED) is 0.597. The van der Waals surface area contributed by atoms with E-state index in [9.17, 15) is 9.59 Å². The SMILES string of the molecule is COC(=O)[C@@H](CCSC)NC(=O)COc1ccc2oc3ccccc3c2c1. The van der Waals surface area contributed by atoms with E-state index in [1.54, 1.807) is 17.8 Å². The third-order valence-corrected chi connectivity index (χ3v) is 4.79. The van der Waals surface area contributed by atoms with Gasteiger partial charge in [0.05, 0.1) is 7.11 Å². The van der Waals surface area contributed by atoms with E-state index >= 15 is 0 Å². The fourth-order valence-electron chi connectivity index (χ4n) is 2.81. The molecular formula is C20H21NO5S. The first-order valence-electron chi connectivity index (χ1n) is 8.52. The highest BCUT2D eigenvalue weighted by Gasteiger charge is 2.21. The molecule has 7 heteroatoms. The third-order valence-electron chi connectivity index (χ3n) is 4.15. The molecule has 27 heavy (non-hydrogen) atoms. The molecule has 6 nitrogen and oxygen atoms in total. The van der Waals surface area contributed by atoms with E-state index in [4.69, 9.17) is 13.9 Å². The standard InChI is InChI=1S/C20H21NO5S/c1-24-20(23)16(9-10-27-2)21-19(22)12-25-13-7-8-18-15(11-13)14-5-3-4-6-17(14)26-18/h3-8,11,16H,9-10,12H2,1-2H3,(H,21,22)/t16-/m1/s1. The minimum absolute atomic E-state index is 0.186. The molecule has 0 aliphatic rings. The molecule has 0 aliphatic carbocycles. The highest BCUT2D eigenvalue weighted by Crippen LogP contribution is 2.31. The van der Waals surface area contributed by atoms with Gasteiger partial charge in [0.1, 0.15) is 23.0 Å². The van der Waals surface area contributed by atoms with Gasteiger partial charge in [0.2, 0.25) is 0 Å². The number of ether oxygens (including phenoxy) is 2. The van der Waals surface area contributed by atoms with Gasteiger partial charge in [0.15, 0.2) is 6.61 Å². The summed E-state index contributed by atoms with van der Waals surface area (Å²) in [6.45, 7) is -0.186. The van der Waals surface area contributed by atoms with Crippen molar-refractivity contribution >= 4 is 45.6 Å².